The predicted octanol–water partition coefficient (Wildman–Crippen LogP) is -2.17. The highest BCUT2D eigenvalue weighted by atomic mass is 16.4. The molecule has 5 atom stereocenters. The van der Waals surface area contributed by atoms with E-state index in [1.807, 2.05) is 0 Å². The lowest BCUT2D eigenvalue weighted by atomic mass is 9.96. The Kier molecular flexibility index (Phi) is 3.63. The van der Waals surface area contributed by atoms with Crippen LogP contribution in [0, 0.1) is 5.92 Å². The molecular formula is C8H16O5. The lowest BCUT2D eigenvalue weighted by molar-refractivity contribution is -0.107. The van der Waals surface area contributed by atoms with Crippen LogP contribution >= 0.6 is 0 Å². The predicted molar refractivity (Wildman–Crippen MR) is 43.8 cm³/mol. The first-order chi connectivity index (χ1) is 6.07. The Bertz CT molecular complexity index is 161. The van der Waals surface area contributed by atoms with Crippen LogP contribution < -0.4 is 0 Å². The first-order valence-electron chi connectivity index (χ1n) is 4.41. The van der Waals surface area contributed by atoms with E-state index >= 15 is 0 Å². The van der Waals surface area contributed by atoms with Gasteiger partial charge >= 0.3 is 0 Å². The minimum absolute atomic E-state index is 0.252. The van der Waals surface area contributed by atoms with Gasteiger partial charge in [-0.2, -0.15) is 0 Å². The lowest BCUT2D eigenvalue weighted by Crippen LogP contribution is -2.44. The summed E-state index contributed by atoms with van der Waals surface area (Å²) in [5.41, 5.74) is 0. The quantitative estimate of drug-likeness (QED) is 0.304. The van der Waals surface area contributed by atoms with E-state index in [9.17, 15) is 20.4 Å². The molecule has 0 aromatic rings. The average molecular weight is 192 g/mol. The molecule has 0 aliphatic heterocycles. The number of aliphatic hydroxyl groups is 5. The van der Waals surface area contributed by atoms with E-state index in [2.05, 4.69) is 0 Å². The molecule has 5 N–H and O–H groups in total. The summed E-state index contributed by atoms with van der Waals surface area (Å²) >= 11 is 0. The minimum Gasteiger partial charge on any atom is -0.396 e. The van der Waals surface area contributed by atoms with Crippen molar-refractivity contribution >= 4 is 0 Å². The summed E-state index contributed by atoms with van der Waals surface area (Å²) in [5, 5.41) is 46.1. The van der Waals surface area contributed by atoms with Gasteiger partial charge in [0.1, 0.15) is 12.2 Å². The molecule has 0 bridgehead atoms. The Hall–Kier alpha value is -0.200. The molecule has 0 saturated heterocycles. The molecule has 5 nitrogen and oxygen atoms in total. The van der Waals surface area contributed by atoms with Gasteiger partial charge in [-0.25, -0.2) is 0 Å². The maximum absolute atomic E-state index is 9.42. The van der Waals surface area contributed by atoms with Gasteiger partial charge in [-0.3, -0.25) is 0 Å². The summed E-state index contributed by atoms with van der Waals surface area (Å²) < 4.78 is 0. The Morgan fingerprint density at radius 3 is 2.00 bits per heavy atom. The second kappa shape index (κ2) is 4.34. The van der Waals surface area contributed by atoms with Crippen LogP contribution in [0.2, 0.25) is 0 Å². The Labute approximate surface area is 76.3 Å². The van der Waals surface area contributed by atoms with E-state index in [4.69, 9.17) is 5.11 Å². The highest BCUT2D eigenvalue weighted by Gasteiger charge is 2.38. The fourth-order valence-corrected chi connectivity index (χ4v) is 1.63. The molecule has 0 aromatic heterocycles. The number of hydrogen-bond donors (Lipinski definition) is 5. The van der Waals surface area contributed by atoms with Gasteiger partial charge in [0.25, 0.3) is 0 Å². The fourth-order valence-electron chi connectivity index (χ4n) is 1.63. The van der Waals surface area contributed by atoms with Crippen molar-refractivity contribution in [2.45, 2.75) is 37.3 Å². The molecule has 0 heterocycles. The zero-order valence-electron chi connectivity index (χ0n) is 7.24. The van der Waals surface area contributed by atoms with Crippen LogP contribution in [0.1, 0.15) is 12.8 Å². The van der Waals surface area contributed by atoms with Gasteiger partial charge in [0.15, 0.2) is 0 Å². The first kappa shape index (κ1) is 10.9. The molecule has 0 spiro atoms. The van der Waals surface area contributed by atoms with Crippen LogP contribution in [0.25, 0.3) is 0 Å². The standard InChI is InChI=1S/C8H16O5/c9-3-4-1-2-5(10)7(12)8(13)6(4)11/h4-13H,1-3H2/t4-,5+,6-,7+,8+/m1/s1. The number of aliphatic hydroxyl groups excluding tert-OH is 5. The first-order valence-corrected chi connectivity index (χ1v) is 4.41. The molecule has 1 rings (SSSR count). The van der Waals surface area contributed by atoms with Gasteiger partial charge in [-0.05, 0) is 12.8 Å². The van der Waals surface area contributed by atoms with Gasteiger partial charge in [0, 0.05) is 12.5 Å². The maximum atomic E-state index is 9.42. The maximum Gasteiger partial charge on any atom is 0.109 e. The van der Waals surface area contributed by atoms with Crippen LogP contribution in [0.3, 0.4) is 0 Å². The molecule has 0 amide bonds. The third kappa shape index (κ3) is 2.18. The average Bonchev–Trinajstić information content (AvgIpc) is 2.22. The Morgan fingerprint density at radius 2 is 1.46 bits per heavy atom. The van der Waals surface area contributed by atoms with E-state index in [1.54, 1.807) is 0 Å². The zero-order chi connectivity index (χ0) is 10.0. The van der Waals surface area contributed by atoms with E-state index in [0.29, 0.717) is 6.42 Å². The van der Waals surface area contributed by atoms with Crippen LogP contribution in [0.5, 0.6) is 0 Å². The van der Waals surface area contributed by atoms with Crippen molar-refractivity contribution in [3.05, 3.63) is 0 Å². The highest BCUT2D eigenvalue weighted by Crippen LogP contribution is 2.24. The van der Waals surface area contributed by atoms with Gasteiger partial charge < -0.3 is 25.5 Å². The van der Waals surface area contributed by atoms with Gasteiger partial charge in [-0.1, -0.05) is 0 Å². The SMILES string of the molecule is OC[C@H]1CC[C@H](O)[C@H](O)[C@@H](O)[C@@H]1O. The van der Waals surface area contributed by atoms with Crippen LogP contribution in [-0.2, 0) is 0 Å². The molecular weight excluding hydrogens is 176 g/mol. The van der Waals surface area contributed by atoms with Crippen molar-refractivity contribution < 1.29 is 25.5 Å². The summed E-state index contributed by atoms with van der Waals surface area (Å²) in [6.07, 6.45) is -4.23. The molecule has 0 radical (unpaired) electrons. The third-order valence-electron chi connectivity index (χ3n) is 2.64. The zero-order valence-corrected chi connectivity index (χ0v) is 7.24. The third-order valence-corrected chi connectivity index (χ3v) is 2.64. The summed E-state index contributed by atoms with van der Waals surface area (Å²) in [7, 11) is 0. The van der Waals surface area contributed by atoms with Crippen molar-refractivity contribution in [2.24, 2.45) is 5.92 Å². The van der Waals surface area contributed by atoms with Crippen molar-refractivity contribution in [1.82, 2.24) is 0 Å². The Balaban J connectivity index is 2.69. The number of hydrogen-bond acceptors (Lipinski definition) is 5. The summed E-state index contributed by atoms with van der Waals surface area (Å²) in [4.78, 5) is 0. The largest absolute Gasteiger partial charge is 0.396 e. The van der Waals surface area contributed by atoms with E-state index in [0.717, 1.165) is 0 Å². The summed E-state index contributed by atoms with van der Waals surface area (Å²) in [6, 6.07) is 0. The van der Waals surface area contributed by atoms with Crippen LogP contribution in [-0.4, -0.2) is 56.6 Å². The smallest absolute Gasteiger partial charge is 0.109 e. The summed E-state index contributed by atoms with van der Waals surface area (Å²) in [6.45, 7) is -0.252. The van der Waals surface area contributed by atoms with Crippen molar-refractivity contribution in [3.8, 4) is 0 Å². The topological polar surface area (TPSA) is 101 Å². The van der Waals surface area contributed by atoms with E-state index in [1.165, 1.54) is 0 Å². The van der Waals surface area contributed by atoms with Crippen molar-refractivity contribution in [2.75, 3.05) is 6.61 Å². The van der Waals surface area contributed by atoms with E-state index in [-0.39, 0.29) is 13.0 Å². The molecule has 13 heavy (non-hydrogen) atoms. The van der Waals surface area contributed by atoms with Gasteiger partial charge in [0.05, 0.1) is 12.2 Å². The molecule has 1 saturated carbocycles. The molecule has 1 fully saturated rings. The van der Waals surface area contributed by atoms with Crippen molar-refractivity contribution in [3.63, 3.8) is 0 Å². The second-order valence-corrected chi connectivity index (χ2v) is 3.56. The molecule has 1 aliphatic rings. The highest BCUT2D eigenvalue weighted by molar-refractivity contribution is 4.88. The fraction of sp³-hybridized carbons (Fsp3) is 1.00. The minimum atomic E-state index is -1.38. The van der Waals surface area contributed by atoms with Crippen molar-refractivity contribution in [1.29, 1.82) is 0 Å². The molecule has 0 aromatic carbocycles. The van der Waals surface area contributed by atoms with E-state index < -0.39 is 30.3 Å². The van der Waals surface area contributed by atoms with Crippen LogP contribution in [0.15, 0.2) is 0 Å². The lowest BCUT2D eigenvalue weighted by Gasteiger charge is -2.25. The number of rotatable bonds is 1. The molecule has 78 valence electrons. The molecule has 5 heteroatoms. The van der Waals surface area contributed by atoms with Crippen LogP contribution in [0.4, 0.5) is 0 Å². The monoisotopic (exact) mass is 192 g/mol. The molecule has 1 aliphatic carbocycles. The second-order valence-electron chi connectivity index (χ2n) is 3.56. The van der Waals surface area contributed by atoms with Gasteiger partial charge in [-0.15, -0.1) is 0 Å². The Morgan fingerprint density at radius 1 is 0.846 bits per heavy atom. The normalized spacial score (nSPS) is 47.3. The summed E-state index contributed by atoms with van der Waals surface area (Å²) in [5.74, 6) is -0.471. The van der Waals surface area contributed by atoms with Gasteiger partial charge in [0.2, 0.25) is 0 Å². The molecule has 0 unspecified atom stereocenters.